The number of carbonyl (C=O) groups excluding carboxylic acids is 1. The Labute approximate surface area is 302 Å². The quantitative estimate of drug-likeness (QED) is 0.0529. The minimum atomic E-state index is -2.27. The van der Waals surface area contributed by atoms with Gasteiger partial charge in [0.15, 0.2) is 0 Å². The lowest BCUT2D eigenvalue weighted by atomic mass is 10.0. The summed E-state index contributed by atoms with van der Waals surface area (Å²) in [7, 11) is -4.45. The van der Waals surface area contributed by atoms with Crippen LogP contribution in [0.15, 0.2) is 48.5 Å². The molecule has 49 heavy (non-hydrogen) atoms. The number of rotatable bonds is 24. The van der Waals surface area contributed by atoms with Crippen LogP contribution in [0.1, 0.15) is 140 Å². The molecule has 4 nitrogen and oxygen atoms in total. The lowest BCUT2D eigenvalue weighted by molar-refractivity contribution is 0.0731. The molecule has 0 aliphatic rings. The standard InChI is InChI=1S/C43H68O4Si2/c1-9-15-28-48(29-16-10-2,30-17-11-3)46-40-34-38(43(44)45-39-27-22-21-24-35(39)7)42(37-26-23-25-36(8)41(37)40)47-49(31-18-12-4,32-19-13-5)33-20-14-6/h21-27,34H,9-20,28-33H2,1-8H3. The van der Waals surface area contributed by atoms with Crippen molar-refractivity contribution in [2.75, 3.05) is 0 Å². The molecule has 3 aromatic rings. The highest BCUT2D eigenvalue weighted by Gasteiger charge is 2.39. The molecule has 0 aliphatic heterocycles. The van der Waals surface area contributed by atoms with Gasteiger partial charge in [-0.15, -0.1) is 0 Å². The highest BCUT2D eigenvalue weighted by atomic mass is 28.4. The molecule has 0 N–H and O–H groups in total. The minimum Gasteiger partial charge on any atom is -0.543 e. The van der Waals surface area contributed by atoms with Crippen molar-refractivity contribution in [1.82, 2.24) is 0 Å². The zero-order valence-electron chi connectivity index (χ0n) is 32.5. The third-order valence-electron chi connectivity index (χ3n) is 10.4. The average molecular weight is 705 g/mol. The Morgan fingerprint density at radius 1 is 0.551 bits per heavy atom. The fourth-order valence-electron chi connectivity index (χ4n) is 7.27. The molecular formula is C43H68O4Si2. The summed E-state index contributed by atoms with van der Waals surface area (Å²) >= 11 is 0. The van der Waals surface area contributed by atoms with E-state index in [1.54, 1.807) is 0 Å². The second-order valence-electron chi connectivity index (χ2n) is 14.6. The molecule has 6 heteroatoms. The van der Waals surface area contributed by atoms with Crippen LogP contribution in [0.5, 0.6) is 17.2 Å². The molecule has 3 aromatic carbocycles. The van der Waals surface area contributed by atoms with Crippen molar-refractivity contribution < 1.29 is 18.4 Å². The van der Waals surface area contributed by atoms with Crippen LogP contribution in [0.25, 0.3) is 10.8 Å². The number of benzene rings is 3. The molecule has 0 radical (unpaired) electrons. The summed E-state index contributed by atoms with van der Waals surface area (Å²) in [5.41, 5.74) is 2.62. The summed E-state index contributed by atoms with van der Waals surface area (Å²) in [6.45, 7) is 17.9. The fraction of sp³-hybridized carbons (Fsp3) is 0.605. The zero-order chi connectivity index (χ0) is 35.7. The van der Waals surface area contributed by atoms with Crippen LogP contribution in [0, 0.1) is 13.8 Å². The van der Waals surface area contributed by atoms with Crippen molar-refractivity contribution in [3.8, 4) is 17.2 Å². The predicted molar refractivity (Wildman–Crippen MR) is 216 cm³/mol. The molecular weight excluding hydrogens is 637 g/mol. The van der Waals surface area contributed by atoms with E-state index in [0.717, 1.165) is 122 Å². The molecule has 3 rings (SSSR count). The van der Waals surface area contributed by atoms with E-state index in [2.05, 4.69) is 66.7 Å². The second-order valence-corrected chi connectivity index (χ2v) is 22.7. The smallest absolute Gasteiger partial charge is 0.347 e. The predicted octanol–water partition coefficient (Wildman–Crippen LogP) is 14.1. The Hall–Kier alpha value is -2.58. The number of carbonyl (C=O) groups is 1. The average Bonchev–Trinajstić information content (AvgIpc) is 3.11. The van der Waals surface area contributed by atoms with Gasteiger partial charge in [-0.1, -0.05) is 155 Å². The first kappa shape index (κ1) is 40.8. The van der Waals surface area contributed by atoms with Crippen molar-refractivity contribution in [3.63, 3.8) is 0 Å². The third kappa shape index (κ3) is 11.5. The van der Waals surface area contributed by atoms with Gasteiger partial charge in [-0.3, -0.25) is 0 Å². The van der Waals surface area contributed by atoms with Crippen molar-refractivity contribution in [3.05, 3.63) is 65.2 Å². The SMILES string of the molecule is CCCC[Si](CCCC)(CCCC)Oc1c(C(=O)Oc2ccccc2C)cc(O[Si](CCCC)(CCCC)CCCC)c2c(C)cccc12. The molecule has 0 unspecified atom stereocenters. The maximum atomic E-state index is 14.5. The van der Waals surface area contributed by atoms with E-state index in [0.29, 0.717) is 11.3 Å². The van der Waals surface area contributed by atoms with Crippen LogP contribution in [0.4, 0.5) is 0 Å². The normalized spacial score (nSPS) is 12.0. The van der Waals surface area contributed by atoms with Gasteiger partial charge in [0.2, 0.25) is 0 Å². The van der Waals surface area contributed by atoms with Crippen LogP contribution in [0.2, 0.25) is 36.3 Å². The van der Waals surface area contributed by atoms with Gasteiger partial charge in [0.1, 0.15) is 22.8 Å². The number of hydrogen-bond donors (Lipinski definition) is 0. The van der Waals surface area contributed by atoms with Crippen LogP contribution < -0.4 is 13.6 Å². The van der Waals surface area contributed by atoms with Gasteiger partial charge in [-0.25, -0.2) is 4.79 Å². The minimum absolute atomic E-state index is 0.357. The first-order chi connectivity index (χ1) is 23.7. The monoisotopic (exact) mass is 704 g/mol. The molecule has 0 fully saturated rings. The Balaban J connectivity index is 2.35. The van der Waals surface area contributed by atoms with E-state index in [4.69, 9.17) is 13.6 Å². The Bertz CT molecular complexity index is 1390. The maximum absolute atomic E-state index is 14.5. The molecule has 0 atom stereocenters. The lowest BCUT2D eigenvalue weighted by Crippen LogP contribution is -2.42. The number of aryl methyl sites for hydroxylation is 2. The second kappa shape index (κ2) is 20.9. The highest BCUT2D eigenvalue weighted by molar-refractivity contribution is 6.75. The van der Waals surface area contributed by atoms with E-state index in [-0.39, 0.29) is 5.97 Å². The number of hydrogen-bond acceptors (Lipinski definition) is 4. The summed E-state index contributed by atoms with van der Waals surface area (Å²) in [6, 6.07) is 23.1. The molecule has 0 saturated heterocycles. The number of esters is 1. The summed E-state index contributed by atoms with van der Waals surface area (Å²) in [4.78, 5) is 14.5. The molecule has 272 valence electrons. The molecule has 0 bridgehead atoms. The highest BCUT2D eigenvalue weighted by Crippen LogP contribution is 2.45. The molecule has 0 amide bonds. The summed E-state index contributed by atoms with van der Waals surface area (Å²) < 4.78 is 21.3. The van der Waals surface area contributed by atoms with Crippen LogP contribution in [-0.2, 0) is 0 Å². The largest absolute Gasteiger partial charge is 0.543 e. The molecule has 0 heterocycles. The summed E-state index contributed by atoms with van der Waals surface area (Å²) in [5, 5.41) is 2.11. The van der Waals surface area contributed by atoms with E-state index in [1.165, 1.54) is 24.8 Å². The molecule has 0 aliphatic carbocycles. The van der Waals surface area contributed by atoms with E-state index >= 15 is 0 Å². The topological polar surface area (TPSA) is 44.8 Å². The van der Waals surface area contributed by atoms with Gasteiger partial charge in [-0.05, 0) is 73.4 Å². The van der Waals surface area contributed by atoms with Crippen LogP contribution in [0.3, 0.4) is 0 Å². The molecule has 0 saturated carbocycles. The van der Waals surface area contributed by atoms with E-state index < -0.39 is 16.6 Å². The van der Waals surface area contributed by atoms with Gasteiger partial charge < -0.3 is 13.6 Å². The van der Waals surface area contributed by atoms with Gasteiger partial charge in [-0.2, -0.15) is 0 Å². The summed E-state index contributed by atoms with van der Waals surface area (Å²) in [5.74, 6) is 1.82. The van der Waals surface area contributed by atoms with Crippen molar-refractivity contribution in [1.29, 1.82) is 0 Å². The lowest BCUT2D eigenvalue weighted by Gasteiger charge is -2.36. The fourth-order valence-corrected chi connectivity index (χ4v) is 16.6. The molecule has 0 aromatic heterocycles. The van der Waals surface area contributed by atoms with Gasteiger partial charge in [0.05, 0.1) is 0 Å². The van der Waals surface area contributed by atoms with Gasteiger partial charge >= 0.3 is 5.97 Å². The van der Waals surface area contributed by atoms with Crippen LogP contribution in [-0.4, -0.2) is 22.6 Å². The zero-order valence-corrected chi connectivity index (χ0v) is 34.5. The van der Waals surface area contributed by atoms with Gasteiger partial charge in [0.25, 0.3) is 16.6 Å². The molecule has 0 spiro atoms. The van der Waals surface area contributed by atoms with E-state index in [9.17, 15) is 4.79 Å². The van der Waals surface area contributed by atoms with Crippen LogP contribution >= 0.6 is 0 Å². The first-order valence-electron chi connectivity index (χ1n) is 19.9. The van der Waals surface area contributed by atoms with Crippen molar-refractivity contribution in [2.24, 2.45) is 0 Å². The Kier molecular flexibility index (Phi) is 17.5. The van der Waals surface area contributed by atoms with Crippen molar-refractivity contribution in [2.45, 2.75) is 169 Å². The third-order valence-corrected chi connectivity index (χ3v) is 19.2. The number of ether oxygens (including phenoxy) is 1. The Morgan fingerprint density at radius 3 is 1.47 bits per heavy atom. The van der Waals surface area contributed by atoms with Crippen molar-refractivity contribution >= 4 is 33.4 Å². The number of unbranched alkanes of at least 4 members (excludes halogenated alkanes) is 6. The maximum Gasteiger partial charge on any atom is 0.347 e. The Morgan fingerprint density at radius 2 is 1.00 bits per heavy atom. The van der Waals surface area contributed by atoms with Gasteiger partial charge in [0, 0.05) is 10.8 Å². The first-order valence-corrected chi connectivity index (χ1v) is 25.0. The number of fused-ring (bicyclic) bond motifs is 1. The number of para-hydroxylation sites is 1. The van der Waals surface area contributed by atoms with E-state index in [1.807, 2.05) is 37.3 Å². The summed E-state index contributed by atoms with van der Waals surface area (Å²) in [6.07, 6.45) is 13.9.